The number of H-pyrrole nitrogens is 2. The fraction of sp³-hybridized carbons (Fsp3) is 0.188. The highest BCUT2D eigenvalue weighted by Gasteiger charge is 2.34. The van der Waals surface area contributed by atoms with Gasteiger partial charge in [-0.1, -0.05) is 6.08 Å². The van der Waals surface area contributed by atoms with Gasteiger partial charge < -0.3 is 16.0 Å². The lowest BCUT2D eigenvalue weighted by atomic mass is 10.0. The molecule has 2 aliphatic rings. The van der Waals surface area contributed by atoms with Crippen molar-refractivity contribution in [3.63, 3.8) is 0 Å². The minimum absolute atomic E-state index is 0.0158. The molecule has 8 nitrogen and oxygen atoms in total. The number of hydrogen-bond acceptors (Lipinski definition) is 5. The molecular weight excluding hydrogens is 306 g/mol. The maximum atomic E-state index is 12.5. The molecular formula is C16H15N7O. The van der Waals surface area contributed by atoms with E-state index in [0.29, 0.717) is 12.4 Å². The number of nitrogens with one attached hydrogen (secondary N) is 3. The number of nitrogens with zero attached hydrogens (tertiary/aromatic N) is 3. The van der Waals surface area contributed by atoms with Crippen LogP contribution in [0, 0.1) is 0 Å². The standard InChI is InChI=1S/C16H15N7O/c17-7-9-5-8-6-10(1-2-12(8)19-9)23-13-11-3-4-18-14(11)21-22-15(13)20-16(23)24/h1-6,11,14,18-19H,7,17H2,(H,20,24). The molecule has 0 saturated carbocycles. The summed E-state index contributed by atoms with van der Waals surface area (Å²) < 4.78 is 1.68. The summed E-state index contributed by atoms with van der Waals surface area (Å²) in [6, 6.07) is 7.86. The molecule has 3 aromatic rings. The molecule has 0 amide bonds. The van der Waals surface area contributed by atoms with Crippen LogP contribution in [-0.2, 0) is 6.54 Å². The molecule has 0 fully saturated rings. The quantitative estimate of drug-likeness (QED) is 0.576. The molecule has 5 rings (SSSR count). The zero-order chi connectivity index (χ0) is 16.3. The third-order valence-corrected chi connectivity index (χ3v) is 4.56. The van der Waals surface area contributed by atoms with Gasteiger partial charge in [0.1, 0.15) is 0 Å². The maximum Gasteiger partial charge on any atom is 0.332 e. The van der Waals surface area contributed by atoms with Gasteiger partial charge in [-0.3, -0.25) is 9.55 Å². The maximum absolute atomic E-state index is 12.5. The summed E-state index contributed by atoms with van der Waals surface area (Å²) >= 11 is 0. The van der Waals surface area contributed by atoms with Gasteiger partial charge in [-0.2, -0.15) is 5.11 Å². The van der Waals surface area contributed by atoms with Crippen LogP contribution in [0.25, 0.3) is 16.6 Å². The third kappa shape index (κ3) is 1.74. The van der Waals surface area contributed by atoms with Crippen LogP contribution in [0.2, 0.25) is 0 Å². The van der Waals surface area contributed by atoms with Gasteiger partial charge in [0.15, 0.2) is 12.0 Å². The third-order valence-electron chi connectivity index (χ3n) is 4.56. The Morgan fingerprint density at radius 3 is 3.04 bits per heavy atom. The minimum Gasteiger partial charge on any atom is -0.368 e. The highest BCUT2D eigenvalue weighted by molar-refractivity contribution is 5.82. The molecule has 24 heavy (non-hydrogen) atoms. The molecule has 0 aliphatic carbocycles. The molecule has 2 aliphatic heterocycles. The second-order valence-electron chi connectivity index (χ2n) is 5.98. The van der Waals surface area contributed by atoms with Crippen molar-refractivity contribution in [1.82, 2.24) is 19.9 Å². The van der Waals surface area contributed by atoms with Gasteiger partial charge in [-0.15, -0.1) is 5.11 Å². The molecule has 2 aromatic heterocycles. The Balaban J connectivity index is 1.73. The monoisotopic (exact) mass is 321 g/mol. The molecule has 2 atom stereocenters. The summed E-state index contributed by atoms with van der Waals surface area (Å²) in [4.78, 5) is 18.6. The predicted octanol–water partition coefficient (Wildman–Crippen LogP) is 1.73. The number of azo groups is 1. The normalized spacial score (nSPS) is 21.0. The van der Waals surface area contributed by atoms with Gasteiger partial charge in [0.05, 0.1) is 17.3 Å². The van der Waals surface area contributed by atoms with E-state index in [9.17, 15) is 4.79 Å². The second kappa shape index (κ2) is 4.68. The van der Waals surface area contributed by atoms with Crippen LogP contribution < -0.4 is 16.7 Å². The van der Waals surface area contributed by atoms with E-state index in [0.717, 1.165) is 28.0 Å². The molecule has 120 valence electrons. The topological polar surface area (TPSA) is 116 Å². The average molecular weight is 321 g/mol. The largest absolute Gasteiger partial charge is 0.368 e. The lowest BCUT2D eigenvalue weighted by Gasteiger charge is -2.20. The van der Waals surface area contributed by atoms with Crippen molar-refractivity contribution in [2.24, 2.45) is 16.0 Å². The van der Waals surface area contributed by atoms with Gasteiger partial charge in [-0.25, -0.2) is 4.79 Å². The molecule has 0 radical (unpaired) electrons. The summed E-state index contributed by atoms with van der Waals surface area (Å²) in [5, 5.41) is 12.5. The Labute approximate surface area is 136 Å². The molecule has 8 heteroatoms. The van der Waals surface area contributed by atoms with E-state index in [1.165, 1.54) is 0 Å². The Hall–Kier alpha value is -3.13. The highest BCUT2D eigenvalue weighted by atomic mass is 16.1. The molecule has 0 spiro atoms. The number of imidazole rings is 1. The van der Waals surface area contributed by atoms with E-state index < -0.39 is 0 Å². The van der Waals surface area contributed by atoms with E-state index in [-0.39, 0.29) is 17.8 Å². The van der Waals surface area contributed by atoms with E-state index in [1.807, 2.05) is 36.5 Å². The van der Waals surface area contributed by atoms with Gasteiger partial charge in [-0.05, 0) is 30.5 Å². The number of benzene rings is 1. The van der Waals surface area contributed by atoms with Crippen LogP contribution in [-0.4, -0.2) is 20.7 Å². The fourth-order valence-corrected chi connectivity index (χ4v) is 3.44. The first-order valence-electron chi connectivity index (χ1n) is 7.75. The first-order chi connectivity index (χ1) is 11.7. The summed E-state index contributed by atoms with van der Waals surface area (Å²) in [6.45, 7) is 0.449. The molecule has 0 saturated heterocycles. The van der Waals surface area contributed by atoms with E-state index >= 15 is 0 Å². The first-order valence-corrected chi connectivity index (χ1v) is 7.75. The Morgan fingerprint density at radius 1 is 1.25 bits per heavy atom. The highest BCUT2D eigenvalue weighted by Crippen LogP contribution is 2.37. The lowest BCUT2D eigenvalue weighted by molar-refractivity contribution is 0.539. The van der Waals surface area contributed by atoms with Crippen LogP contribution in [0.15, 0.2) is 51.6 Å². The number of nitrogens with two attached hydrogens (primary N) is 1. The van der Waals surface area contributed by atoms with Crippen molar-refractivity contribution in [3.05, 3.63) is 58.4 Å². The summed E-state index contributed by atoms with van der Waals surface area (Å²) in [5.74, 6) is 0.504. The first kappa shape index (κ1) is 13.3. The molecule has 0 bridgehead atoms. The van der Waals surface area contributed by atoms with Crippen LogP contribution in [0.1, 0.15) is 17.3 Å². The number of aromatic nitrogens is 3. The Bertz CT molecular complexity index is 1070. The van der Waals surface area contributed by atoms with Gasteiger partial charge in [0.25, 0.3) is 0 Å². The van der Waals surface area contributed by atoms with Crippen LogP contribution in [0.3, 0.4) is 0 Å². The molecule has 4 heterocycles. The summed E-state index contributed by atoms with van der Waals surface area (Å²) in [6.07, 6.45) is 3.71. The SMILES string of the molecule is NCc1cc2cc(-n3c4c([nH]c3=O)N=NC3NC=CC43)ccc2[nH]1. The number of rotatable bonds is 2. The van der Waals surface area contributed by atoms with Gasteiger partial charge >= 0.3 is 5.69 Å². The van der Waals surface area contributed by atoms with Crippen molar-refractivity contribution in [3.8, 4) is 5.69 Å². The van der Waals surface area contributed by atoms with Crippen LogP contribution >= 0.6 is 0 Å². The number of fused-ring (bicyclic) bond motifs is 4. The zero-order valence-corrected chi connectivity index (χ0v) is 12.7. The minimum atomic E-state index is -0.214. The second-order valence-corrected chi connectivity index (χ2v) is 5.98. The van der Waals surface area contributed by atoms with E-state index in [1.54, 1.807) is 4.57 Å². The van der Waals surface area contributed by atoms with Crippen molar-refractivity contribution < 1.29 is 0 Å². The Morgan fingerprint density at radius 2 is 2.17 bits per heavy atom. The number of aromatic amines is 2. The lowest BCUT2D eigenvalue weighted by Crippen LogP contribution is -2.27. The summed E-state index contributed by atoms with van der Waals surface area (Å²) in [7, 11) is 0. The number of hydrogen-bond donors (Lipinski definition) is 4. The summed E-state index contributed by atoms with van der Waals surface area (Å²) in [5.41, 5.74) is 9.06. The van der Waals surface area contributed by atoms with Gasteiger partial charge in [0.2, 0.25) is 0 Å². The smallest absolute Gasteiger partial charge is 0.332 e. The zero-order valence-electron chi connectivity index (χ0n) is 12.7. The Kier molecular flexibility index (Phi) is 2.60. The van der Waals surface area contributed by atoms with Crippen molar-refractivity contribution in [1.29, 1.82) is 0 Å². The molecule has 5 N–H and O–H groups in total. The van der Waals surface area contributed by atoms with Crippen molar-refractivity contribution >= 4 is 16.7 Å². The van der Waals surface area contributed by atoms with E-state index in [2.05, 4.69) is 25.5 Å². The molecule has 1 aromatic carbocycles. The molecule has 2 unspecified atom stereocenters. The van der Waals surface area contributed by atoms with Crippen LogP contribution in [0.4, 0.5) is 5.82 Å². The van der Waals surface area contributed by atoms with Crippen LogP contribution in [0.5, 0.6) is 0 Å². The fourth-order valence-electron chi connectivity index (χ4n) is 3.44. The van der Waals surface area contributed by atoms with Crippen molar-refractivity contribution in [2.75, 3.05) is 0 Å². The van der Waals surface area contributed by atoms with E-state index in [4.69, 9.17) is 5.73 Å². The van der Waals surface area contributed by atoms with Crippen molar-refractivity contribution in [2.45, 2.75) is 18.6 Å². The average Bonchev–Trinajstić information content (AvgIpc) is 3.28. The predicted molar refractivity (Wildman–Crippen MR) is 89.5 cm³/mol. The van der Waals surface area contributed by atoms with Gasteiger partial charge in [0, 0.05) is 23.1 Å².